The smallest absolute Gasteiger partial charge is 0.271 e. The van der Waals surface area contributed by atoms with Crippen molar-refractivity contribution >= 4 is 33.7 Å². The summed E-state index contributed by atoms with van der Waals surface area (Å²) in [5, 5.41) is 3.90. The van der Waals surface area contributed by atoms with E-state index in [0.29, 0.717) is 12.2 Å². The van der Waals surface area contributed by atoms with Crippen LogP contribution in [0.2, 0.25) is 0 Å². The van der Waals surface area contributed by atoms with Crippen LogP contribution in [0.3, 0.4) is 0 Å². The van der Waals surface area contributed by atoms with Crippen molar-refractivity contribution in [1.29, 1.82) is 0 Å². The zero-order chi connectivity index (χ0) is 20.2. The van der Waals surface area contributed by atoms with Gasteiger partial charge in [-0.2, -0.15) is 0 Å². The Balaban J connectivity index is 1.61. The number of aliphatic imine (C=N–C) groups is 1. The Morgan fingerprint density at radius 2 is 2.03 bits per heavy atom. The van der Waals surface area contributed by atoms with Crippen LogP contribution in [0.25, 0.3) is 11.0 Å². The largest absolute Gasteiger partial charge is 0.375 e. The van der Waals surface area contributed by atoms with E-state index in [1.807, 2.05) is 29.8 Å². The number of aromatic nitrogens is 4. The summed E-state index contributed by atoms with van der Waals surface area (Å²) >= 11 is 1.61. The van der Waals surface area contributed by atoms with Crippen molar-refractivity contribution in [3.63, 3.8) is 0 Å². The van der Waals surface area contributed by atoms with Gasteiger partial charge in [-0.15, -0.1) is 0 Å². The third kappa shape index (κ3) is 3.30. The maximum Gasteiger partial charge on any atom is 0.271 e. The average molecular weight is 410 g/mol. The molecule has 0 bridgehead atoms. The van der Waals surface area contributed by atoms with E-state index in [-0.39, 0.29) is 22.5 Å². The topological polar surface area (TPSA) is 85.2 Å². The number of hydrogen-bond acceptors (Lipinski definition) is 6. The first-order chi connectivity index (χ1) is 13.9. The maximum atomic E-state index is 13.0. The van der Waals surface area contributed by atoms with Crippen LogP contribution < -0.4 is 5.56 Å². The molecular weight excluding hydrogens is 386 g/mol. The minimum absolute atomic E-state index is 0.0720. The Hall–Kier alpha value is -2.45. The van der Waals surface area contributed by atoms with Gasteiger partial charge in [-0.25, -0.2) is 4.99 Å². The summed E-state index contributed by atoms with van der Waals surface area (Å²) in [4.78, 5) is 26.6. The van der Waals surface area contributed by atoms with E-state index >= 15 is 0 Å². The molecule has 0 aliphatic carbocycles. The van der Waals surface area contributed by atoms with Crippen LogP contribution >= 0.6 is 11.8 Å². The van der Waals surface area contributed by atoms with Gasteiger partial charge in [0.05, 0.1) is 38.5 Å². The van der Waals surface area contributed by atoms with Crippen LogP contribution in [0, 0.1) is 0 Å². The second kappa shape index (κ2) is 6.81. The van der Waals surface area contributed by atoms with Crippen LogP contribution in [0.1, 0.15) is 56.0 Å². The summed E-state index contributed by atoms with van der Waals surface area (Å²) in [5.74, 6) is 0.748. The molecule has 5 rings (SSSR count). The summed E-state index contributed by atoms with van der Waals surface area (Å²) < 4.78 is 7.83. The van der Waals surface area contributed by atoms with Gasteiger partial charge >= 0.3 is 0 Å². The fourth-order valence-electron chi connectivity index (χ4n) is 4.27. The highest BCUT2D eigenvalue weighted by Gasteiger charge is 2.35. The van der Waals surface area contributed by atoms with E-state index in [9.17, 15) is 4.79 Å². The molecule has 2 aliphatic heterocycles. The summed E-state index contributed by atoms with van der Waals surface area (Å²) in [6, 6.07) is 6.19. The predicted octanol–water partition coefficient (Wildman–Crippen LogP) is 4.14. The van der Waals surface area contributed by atoms with Crippen LogP contribution in [0.4, 0.5) is 5.82 Å². The fraction of sp³-hybridized carbons (Fsp3) is 0.429. The molecule has 7 nitrogen and oxygen atoms in total. The summed E-state index contributed by atoms with van der Waals surface area (Å²) in [6.45, 7) is 6.86. The van der Waals surface area contributed by atoms with Crippen molar-refractivity contribution < 1.29 is 4.74 Å². The number of nitrogens with one attached hydrogen (secondary N) is 1. The minimum Gasteiger partial charge on any atom is -0.375 e. The van der Waals surface area contributed by atoms with Crippen molar-refractivity contribution in [3.05, 3.63) is 52.1 Å². The lowest BCUT2D eigenvalue weighted by molar-refractivity contribution is -0.0705. The number of fused-ring (bicyclic) bond motifs is 2. The molecule has 0 radical (unpaired) electrons. The van der Waals surface area contributed by atoms with E-state index in [2.05, 4.69) is 28.9 Å². The number of aromatic amines is 1. The lowest BCUT2D eigenvalue weighted by Gasteiger charge is -2.36. The molecule has 1 N–H and O–H groups in total. The Bertz CT molecular complexity index is 1180. The molecule has 2 atom stereocenters. The Kier molecular flexibility index (Phi) is 4.36. The quantitative estimate of drug-likeness (QED) is 0.688. The zero-order valence-electron chi connectivity index (χ0n) is 16.7. The second-order valence-corrected chi connectivity index (χ2v) is 9.53. The number of benzene rings is 1. The Labute approximate surface area is 172 Å². The van der Waals surface area contributed by atoms with Crippen LogP contribution in [0.15, 0.2) is 40.4 Å². The predicted molar refractivity (Wildman–Crippen MR) is 115 cm³/mol. The molecule has 0 amide bonds. The zero-order valence-corrected chi connectivity index (χ0v) is 17.5. The number of H-pyrrole nitrogens is 1. The molecule has 8 heteroatoms. The van der Waals surface area contributed by atoms with Gasteiger partial charge < -0.3 is 4.74 Å². The summed E-state index contributed by atoms with van der Waals surface area (Å²) in [5.41, 5.74) is 3.14. The van der Waals surface area contributed by atoms with E-state index in [0.717, 1.165) is 40.3 Å². The molecule has 1 saturated heterocycles. The highest BCUT2D eigenvalue weighted by molar-refractivity contribution is 8.14. The molecule has 0 spiro atoms. The second-order valence-electron chi connectivity index (χ2n) is 8.24. The fourth-order valence-corrected chi connectivity index (χ4v) is 5.36. The number of thioether (sulfide) groups is 1. The number of ether oxygens (including phenoxy) is 1. The highest BCUT2D eigenvalue weighted by atomic mass is 32.2. The molecule has 3 aromatic rings. The highest BCUT2D eigenvalue weighted by Crippen LogP contribution is 2.45. The van der Waals surface area contributed by atoms with Gasteiger partial charge in [0, 0.05) is 19.0 Å². The van der Waals surface area contributed by atoms with E-state index in [1.165, 1.54) is 0 Å². The van der Waals surface area contributed by atoms with Crippen molar-refractivity contribution in [2.45, 2.75) is 50.5 Å². The van der Waals surface area contributed by atoms with Gasteiger partial charge in [-0.3, -0.25) is 24.5 Å². The van der Waals surface area contributed by atoms with Gasteiger partial charge in [0.25, 0.3) is 5.56 Å². The molecule has 1 aromatic carbocycles. The molecule has 1 fully saturated rings. The number of rotatable bonds is 2. The number of nitrogens with zero attached hydrogens (tertiary/aromatic N) is 4. The maximum absolute atomic E-state index is 13.0. The Morgan fingerprint density at radius 3 is 2.83 bits per heavy atom. The van der Waals surface area contributed by atoms with Crippen molar-refractivity contribution in [2.75, 3.05) is 6.61 Å². The van der Waals surface area contributed by atoms with Crippen LogP contribution in [-0.2, 0) is 4.74 Å². The first-order valence-electron chi connectivity index (χ1n) is 9.82. The molecule has 150 valence electrons. The van der Waals surface area contributed by atoms with E-state index in [1.54, 1.807) is 24.2 Å². The average Bonchev–Trinajstić information content (AvgIpc) is 3.02. The van der Waals surface area contributed by atoms with Crippen LogP contribution in [0.5, 0.6) is 0 Å². The summed E-state index contributed by atoms with van der Waals surface area (Å²) in [7, 11) is 0. The molecule has 29 heavy (non-hydrogen) atoms. The normalized spacial score (nSPS) is 23.6. The van der Waals surface area contributed by atoms with Gasteiger partial charge in [-0.05, 0) is 51.3 Å². The molecule has 4 heterocycles. The molecule has 2 aromatic heterocycles. The van der Waals surface area contributed by atoms with Gasteiger partial charge in [0.15, 0.2) is 5.82 Å². The third-order valence-electron chi connectivity index (χ3n) is 5.58. The van der Waals surface area contributed by atoms with Crippen LogP contribution in [-0.4, -0.2) is 37.0 Å². The van der Waals surface area contributed by atoms with E-state index in [4.69, 9.17) is 9.73 Å². The van der Waals surface area contributed by atoms with Crippen molar-refractivity contribution in [1.82, 2.24) is 19.7 Å². The lowest BCUT2D eigenvalue weighted by Crippen LogP contribution is -2.35. The van der Waals surface area contributed by atoms with Gasteiger partial charge in [0.2, 0.25) is 0 Å². The van der Waals surface area contributed by atoms with Crippen molar-refractivity contribution in [2.24, 2.45) is 4.99 Å². The monoisotopic (exact) mass is 409 g/mol. The molecule has 2 aliphatic rings. The standard InChI is InChI=1S/C21H23N5O2S/c1-12-24-19-17(20(27)25-26(19)14-6-9-28-21(2,3)11-14)18(29-12)13-4-5-15-16(10-13)23-8-7-22-15/h4-5,7-8,10,14,18H,6,9,11H2,1-3H3,(H,25,27)/t14-,18-/m1/s1. The van der Waals surface area contributed by atoms with Gasteiger partial charge in [-0.1, -0.05) is 17.8 Å². The first-order valence-corrected chi connectivity index (χ1v) is 10.7. The molecule has 0 unspecified atom stereocenters. The molecular formula is C21H23N5O2S. The summed E-state index contributed by atoms with van der Waals surface area (Å²) in [6.07, 6.45) is 5.07. The molecule has 0 saturated carbocycles. The van der Waals surface area contributed by atoms with Crippen molar-refractivity contribution in [3.8, 4) is 0 Å². The first kappa shape index (κ1) is 18.6. The third-order valence-corrected chi connectivity index (χ3v) is 6.76. The number of hydrogen-bond donors (Lipinski definition) is 1. The van der Waals surface area contributed by atoms with Gasteiger partial charge in [0.1, 0.15) is 0 Å². The lowest BCUT2D eigenvalue weighted by atomic mass is 9.94. The van der Waals surface area contributed by atoms with E-state index < -0.39 is 0 Å². The minimum atomic E-state index is -0.213. The SMILES string of the molecule is CC1=Nc2c(c(=O)[nH]n2[C@@H]2CCOC(C)(C)C2)[C@@H](c2ccc3nccnc3c2)S1. The Morgan fingerprint density at radius 1 is 1.24 bits per heavy atom.